The quantitative estimate of drug-likeness (QED) is 0.577. The van der Waals surface area contributed by atoms with Crippen molar-refractivity contribution in [2.75, 3.05) is 7.11 Å². The molecule has 4 heteroatoms. The largest absolute Gasteiger partial charge is 0.465 e. The Kier molecular flexibility index (Phi) is 3.98. The molecule has 1 rings (SSSR count). The van der Waals surface area contributed by atoms with Gasteiger partial charge in [-0.25, -0.2) is 4.79 Å². The number of esters is 1. The Morgan fingerprint density at radius 1 is 1.43 bits per heavy atom. The van der Waals surface area contributed by atoms with Crippen molar-refractivity contribution in [2.24, 2.45) is 0 Å². The van der Waals surface area contributed by atoms with Crippen molar-refractivity contribution in [1.82, 2.24) is 0 Å². The molecule has 0 bridgehead atoms. The first kappa shape index (κ1) is 11.1. The van der Waals surface area contributed by atoms with Gasteiger partial charge in [0.25, 0.3) is 0 Å². The second-order valence-electron chi connectivity index (χ2n) is 2.51. The molecule has 1 aromatic carbocycles. The van der Waals surface area contributed by atoms with E-state index in [0.717, 1.165) is 0 Å². The van der Waals surface area contributed by atoms with E-state index in [2.05, 4.69) is 4.74 Å². The molecular weight excluding hydrogens is 223 g/mol. The molecule has 0 N–H and O–H groups in total. The zero-order chi connectivity index (χ0) is 10.6. The van der Waals surface area contributed by atoms with Crippen LogP contribution in [-0.4, -0.2) is 13.1 Å². The molecule has 0 aliphatic rings. The molecule has 0 atom stereocenters. The number of carbonyl (C=O) groups is 1. The van der Waals surface area contributed by atoms with E-state index in [1.807, 2.05) is 0 Å². The van der Waals surface area contributed by atoms with Gasteiger partial charge in [0.1, 0.15) is 5.03 Å². The summed E-state index contributed by atoms with van der Waals surface area (Å²) in [5.74, 6) is -0.577. The second kappa shape index (κ2) is 5.03. The van der Waals surface area contributed by atoms with Crippen molar-refractivity contribution in [2.45, 2.75) is 0 Å². The van der Waals surface area contributed by atoms with E-state index >= 15 is 0 Å². The third-order valence-electron chi connectivity index (χ3n) is 1.57. The number of halogens is 2. The molecule has 0 saturated carbocycles. The highest BCUT2D eigenvalue weighted by molar-refractivity contribution is 6.43. The van der Waals surface area contributed by atoms with Gasteiger partial charge in [0.05, 0.1) is 7.11 Å². The summed E-state index contributed by atoms with van der Waals surface area (Å²) in [4.78, 5) is 11.0. The lowest BCUT2D eigenvalue weighted by atomic mass is 10.2. The van der Waals surface area contributed by atoms with Gasteiger partial charge >= 0.3 is 5.97 Å². The lowest BCUT2D eigenvalue weighted by Gasteiger charge is -1.99. The minimum absolute atomic E-state index is 0.000556. The first-order valence-corrected chi connectivity index (χ1v) is 4.61. The van der Waals surface area contributed by atoms with E-state index in [9.17, 15) is 4.79 Å². The fraction of sp³-hybridized carbons (Fsp3) is 0.100. The number of ether oxygens (including phenoxy) is 1. The Labute approximate surface area is 92.1 Å². The summed E-state index contributed by atoms with van der Waals surface area (Å²) in [5, 5.41) is 0.537. The van der Waals surface area contributed by atoms with Crippen LogP contribution in [0.5, 0.6) is 0 Å². The molecule has 0 heterocycles. The van der Waals surface area contributed by atoms with Crippen LogP contribution in [0, 0.1) is 0 Å². The second-order valence-corrected chi connectivity index (χ2v) is 3.32. The Bertz CT molecular complexity index is 372. The van der Waals surface area contributed by atoms with Gasteiger partial charge < -0.3 is 4.74 Å². The van der Waals surface area contributed by atoms with Crippen LogP contribution in [-0.2, 0) is 9.53 Å². The Hall–Kier alpha value is -0.990. The minimum atomic E-state index is -0.577. The zero-order valence-electron chi connectivity index (χ0n) is 7.46. The van der Waals surface area contributed by atoms with Crippen molar-refractivity contribution in [3.05, 3.63) is 39.9 Å². The number of hydrogen-bond acceptors (Lipinski definition) is 2. The van der Waals surface area contributed by atoms with Gasteiger partial charge in [-0.1, -0.05) is 41.4 Å². The molecular formula is C10H8Cl2O2. The Balaban J connectivity index is 2.97. The average molecular weight is 231 g/mol. The standard InChI is InChI=1S/C10H8Cl2O2/c1-14-10(13)9(12)6-7-4-2-3-5-8(7)11/h2-6H,1H3. The maximum atomic E-state index is 11.0. The predicted molar refractivity (Wildman–Crippen MR) is 57.3 cm³/mol. The lowest BCUT2D eigenvalue weighted by molar-refractivity contribution is -0.135. The molecule has 74 valence electrons. The summed E-state index contributed by atoms with van der Waals surface area (Å²) in [5.41, 5.74) is 0.685. The Morgan fingerprint density at radius 2 is 2.07 bits per heavy atom. The van der Waals surface area contributed by atoms with Crippen LogP contribution in [0.3, 0.4) is 0 Å². The summed E-state index contributed by atoms with van der Waals surface area (Å²) in [6.07, 6.45) is 1.47. The summed E-state index contributed by atoms with van der Waals surface area (Å²) >= 11 is 11.5. The number of methoxy groups -OCH3 is 1. The van der Waals surface area contributed by atoms with Gasteiger partial charge in [-0.3, -0.25) is 0 Å². The highest BCUT2D eigenvalue weighted by Crippen LogP contribution is 2.19. The number of hydrogen-bond donors (Lipinski definition) is 0. The van der Waals surface area contributed by atoms with Crippen molar-refractivity contribution in [1.29, 1.82) is 0 Å². The van der Waals surface area contributed by atoms with Gasteiger partial charge in [0.2, 0.25) is 0 Å². The van der Waals surface area contributed by atoms with E-state index in [1.165, 1.54) is 13.2 Å². The van der Waals surface area contributed by atoms with Gasteiger partial charge in [-0.2, -0.15) is 0 Å². The molecule has 0 fully saturated rings. The molecule has 0 unspecified atom stereocenters. The summed E-state index contributed by atoms with van der Waals surface area (Å²) < 4.78 is 4.44. The van der Waals surface area contributed by atoms with Crippen LogP contribution in [0.2, 0.25) is 5.02 Å². The Morgan fingerprint density at radius 3 is 2.64 bits per heavy atom. The molecule has 14 heavy (non-hydrogen) atoms. The van der Waals surface area contributed by atoms with Gasteiger partial charge in [-0.05, 0) is 17.7 Å². The number of carbonyl (C=O) groups excluding carboxylic acids is 1. The molecule has 0 aromatic heterocycles. The third-order valence-corrected chi connectivity index (χ3v) is 2.18. The summed E-state index contributed by atoms with van der Waals surface area (Å²) in [7, 11) is 1.27. The molecule has 1 aromatic rings. The van der Waals surface area contributed by atoms with Crippen molar-refractivity contribution < 1.29 is 9.53 Å². The van der Waals surface area contributed by atoms with E-state index < -0.39 is 5.97 Å². The van der Waals surface area contributed by atoms with Crippen molar-refractivity contribution >= 4 is 35.2 Å². The van der Waals surface area contributed by atoms with E-state index in [4.69, 9.17) is 23.2 Å². The van der Waals surface area contributed by atoms with Crippen molar-refractivity contribution in [3.63, 3.8) is 0 Å². The molecule has 0 aliphatic carbocycles. The molecule has 0 aliphatic heterocycles. The van der Waals surface area contributed by atoms with Crippen LogP contribution >= 0.6 is 23.2 Å². The minimum Gasteiger partial charge on any atom is -0.465 e. The number of benzene rings is 1. The average Bonchev–Trinajstić information content (AvgIpc) is 2.20. The first-order valence-electron chi connectivity index (χ1n) is 3.85. The molecule has 0 spiro atoms. The van der Waals surface area contributed by atoms with Crippen LogP contribution in [0.4, 0.5) is 0 Å². The van der Waals surface area contributed by atoms with Gasteiger partial charge in [0, 0.05) is 5.02 Å². The molecule has 0 saturated heterocycles. The fourth-order valence-corrected chi connectivity index (χ4v) is 1.27. The van der Waals surface area contributed by atoms with Crippen LogP contribution < -0.4 is 0 Å². The maximum absolute atomic E-state index is 11.0. The predicted octanol–water partition coefficient (Wildman–Crippen LogP) is 3.09. The van der Waals surface area contributed by atoms with E-state index in [0.29, 0.717) is 10.6 Å². The molecule has 0 amide bonds. The first-order chi connectivity index (χ1) is 6.65. The maximum Gasteiger partial charge on any atom is 0.349 e. The lowest BCUT2D eigenvalue weighted by Crippen LogP contribution is -1.99. The third kappa shape index (κ3) is 2.76. The molecule has 2 nitrogen and oxygen atoms in total. The highest BCUT2D eigenvalue weighted by Gasteiger charge is 2.06. The monoisotopic (exact) mass is 230 g/mol. The smallest absolute Gasteiger partial charge is 0.349 e. The van der Waals surface area contributed by atoms with Crippen LogP contribution in [0.15, 0.2) is 29.3 Å². The normalized spacial score (nSPS) is 11.2. The SMILES string of the molecule is COC(=O)C(Cl)=Cc1ccccc1Cl. The van der Waals surface area contributed by atoms with Crippen molar-refractivity contribution in [3.8, 4) is 0 Å². The van der Waals surface area contributed by atoms with Crippen LogP contribution in [0.25, 0.3) is 6.08 Å². The highest BCUT2D eigenvalue weighted by atomic mass is 35.5. The van der Waals surface area contributed by atoms with Gasteiger partial charge in [0.15, 0.2) is 0 Å². The summed E-state index contributed by atoms with van der Waals surface area (Å²) in [6.45, 7) is 0. The summed E-state index contributed by atoms with van der Waals surface area (Å²) in [6, 6.07) is 7.08. The van der Waals surface area contributed by atoms with Crippen LogP contribution in [0.1, 0.15) is 5.56 Å². The van der Waals surface area contributed by atoms with Gasteiger partial charge in [-0.15, -0.1) is 0 Å². The topological polar surface area (TPSA) is 26.3 Å². The van der Waals surface area contributed by atoms with E-state index in [-0.39, 0.29) is 5.03 Å². The number of rotatable bonds is 2. The fourth-order valence-electron chi connectivity index (χ4n) is 0.885. The molecule has 0 radical (unpaired) electrons. The van der Waals surface area contributed by atoms with E-state index in [1.54, 1.807) is 24.3 Å². The zero-order valence-corrected chi connectivity index (χ0v) is 8.97.